The van der Waals surface area contributed by atoms with Crippen LogP contribution in [0.3, 0.4) is 0 Å². The van der Waals surface area contributed by atoms with E-state index in [1.54, 1.807) is 0 Å². The summed E-state index contributed by atoms with van der Waals surface area (Å²) in [4.78, 5) is 19.6. The molecule has 0 aromatic heterocycles. The summed E-state index contributed by atoms with van der Waals surface area (Å²) < 4.78 is 5.23. The molecule has 5 rings (SSSR count). The average Bonchev–Trinajstić information content (AvgIpc) is 3.19. The molecule has 6 heteroatoms. The highest BCUT2D eigenvalue weighted by molar-refractivity contribution is 9.09. The molecule has 144 valence electrons. The van der Waals surface area contributed by atoms with Crippen LogP contribution in [0.2, 0.25) is 0 Å². The standard InChI is InChI=1S/C21H24BrClN2O2/c1-3-19-9-6-10-25-11-15(22)21(17(19)25)13-7-4-5-8-14(13)24-16(21)20(23,12-19)18(26)27-2/h4-5,7-8,15,17H,3,6,9-12H2,1-2H3/t15-,17+,19+,20-,21-/m1/s1. The minimum absolute atomic E-state index is 0.0207. The van der Waals surface area contributed by atoms with E-state index in [2.05, 4.69) is 39.9 Å². The Hall–Kier alpha value is -0.910. The molecule has 0 N–H and O–H groups in total. The molecular weight excluding hydrogens is 428 g/mol. The van der Waals surface area contributed by atoms with Crippen LogP contribution < -0.4 is 0 Å². The van der Waals surface area contributed by atoms with Crippen molar-refractivity contribution in [1.82, 2.24) is 4.90 Å². The monoisotopic (exact) mass is 450 g/mol. The fourth-order valence-electron chi connectivity index (χ4n) is 6.63. The van der Waals surface area contributed by atoms with Gasteiger partial charge >= 0.3 is 5.97 Å². The maximum absolute atomic E-state index is 13.0. The topological polar surface area (TPSA) is 41.9 Å². The van der Waals surface area contributed by atoms with E-state index in [0.29, 0.717) is 12.5 Å². The summed E-state index contributed by atoms with van der Waals surface area (Å²) in [5.74, 6) is -0.370. The van der Waals surface area contributed by atoms with Crippen LogP contribution in [0, 0.1) is 5.41 Å². The molecule has 4 aliphatic rings. The lowest BCUT2D eigenvalue weighted by atomic mass is 9.50. The number of piperidine rings is 1. The first-order chi connectivity index (χ1) is 12.9. The number of aliphatic imine (C=N–C) groups is 1. The lowest BCUT2D eigenvalue weighted by Gasteiger charge is -2.59. The van der Waals surface area contributed by atoms with Crippen molar-refractivity contribution in [2.75, 3.05) is 20.2 Å². The average molecular weight is 452 g/mol. The summed E-state index contributed by atoms with van der Waals surface area (Å²) in [7, 11) is 1.43. The number of hydrogen-bond acceptors (Lipinski definition) is 4. The first kappa shape index (κ1) is 18.1. The van der Waals surface area contributed by atoms with Crippen molar-refractivity contribution in [3.05, 3.63) is 29.8 Å². The highest BCUT2D eigenvalue weighted by Gasteiger charge is 2.75. The van der Waals surface area contributed by atoms with Crippen molar-refractivity contribution in [3.8, 4) is 0 Å². The van der Waals surface area contributed by atoms with Crippen molar-refractivity contribution >= 4 is 44.9 Å². The number of halogens is 2. The molecule has 3 fully saturated rings. The molecule has 1 aromatic carbocycles. The van der Waals surface area contributed by atoms with Gasteiger partial charge in [0, 0.05) is 17.4 Å². The lowest BCUT2D eigenvalue weighted by molar-refractivity contribution is -0.144. The predicted octanol–water partition coefficient (Wildman–Crippen LogP) is 4.20. The van der Waals surface area contributed by atoms with Crippen molar-refractivity contribution in [2.45, 2.75) is 53.8 Å². The van der Waals surface area contributed by atoms with Gasteiger partial charge in [-0.25, -0.2) is 4.79 Å². The summed E-state index contributed by atoms with van der Waals surface area (Å²) in [6, 6.07) is 8.62. The molecule has 5 atom stereocenters. The number of carbonyl (C=O) groups excluding carboxylic acids is 1. The number of benzene rings is 1. The van der Waals surface area contributed by atoms with E-state index in [-0.39, 0.29) is 21.6 Å². The maximum atomic E-state index is 13.0. The maximum Gasteiger partial charge on any atom is 0.332 e. The number of ether oxygens (including phenoxy) is 1. The van der Waals surface area contributed by atoms with Gasteiger partial charge in [-0.15, -0.1) is 0 Å². The van der Waals surface area contributed by atoms with Gasteiger partial charge in [-0.1, -0.05) is 52.7 Å². The molecule has 4 nitrogen and oxygen atoms in total. The molecule has 1 spiro atoms. The third kappa shape index (κ3) is 1.99. The molecule has 2 saturated heterocycles. The van der Waals surface area contributed by atoms with Crippen molar-refractivity contribution < 1.29 is 9.53 Å². The van der Waals surface area contributed by atoms with E-state index < -0.39 is 4.87 Å². The zero-order valence-corrected chi connectivity index (χ0v) is 18.0. The summed E-state index contributed by atoms with van der Waals surface area (Å²) in [5, 5.41) is 0. The number of para-hydroxylation sites is 1. The van der Waals surface area contributed by atoms with Crippen LogP contribution in [0.4, 0.5) is 5.69 Å². The molecule has 0 bridgehead atoms. The Labute approximate surface area is 173 Å². The molecule has 0 radical (unpaired) electrons. The van der Waals surface area contributed by atoms with E-state index in [1.165, 1.54) is 12.7 Å². The minimum Gasteiger partial charge on any atom is -0.467 e. The highest BCUT2D eigenvalue weighted by atomic mass is 79.9. The first-order valence-electron chi connectivity index (χ1n) is 9.78. The predicted molar refractivity (Wildman–Crippen MR) is 110 cm³/mol. The minimum atomic E-state index is -1.21. The fraction of sp³-hybridized carbons (Fsp3) is 0.619. The molecule has 27 heavy (non-hydrogen) atoms. The molecule has 3 heterocycles. The molecular formula is C21H24BrClN2O2. The first-order valence-corrected chi connectivity index (χ1v) is 11.1. The quantitative estimate of drug-likeness (QED) is 0.500. The van der Waals surface area contributed by atoms with E-state index in [0.717, 1.165) is 43.8 Å². The number of nitrogens with zero attached hydrogens (tertiary/aromatic N) is 2. The van der Waals surface area contributed by atoms with Gasteiger partial charge in [0.15, 0.2) is 4.87 Å². The van der Waals surface area contributed by atoms with Crippen LogP contribution in [0.15, 0.2) is 29.3 Å². The number of carbonyl (C=O) groups is 1. The molecule has 0 amide bonds. The SMILES string of the molecule is CC[C@]12CCCN3C[C@@H](Br)[C@]4(C(=Nc5ccccc54)[C@@](Cl)(C(=O)OC)C1)[C@@H]32. The summed E-state index contributed by atoms with van der Waals surface area (Å²) in [6.07, 6.45) is 3.83. The van der Waals surface area contributed by atoms with Crippen molar-refractivity contribution in [2.24, 2.45) is 10.4 Å². The normalized spacial score (nSPS) is 42.1. The Morgan fingerprint density at radius 2 is 2.22 bits per heavy atom. The van der Waals surface area contributed by atoms with Crippen LogP contribution in [0.5, 0.6) is 0 Å². The lowest BCUT2D eigenvalue weighted by Crippen LogP contribution is -2.70. The zero-order chi connectivity index (χ0) is 19.0. The van der Waals surface area contributed by atoms with Crippen LogP contribution in [-0.2, 0) is 14.9 Å². The third-order valence-electron chi connectivity index (χ3n) is 7.54. The Morgan fingerprint density at radius 1 is 1.44 bits per heavy atom. The van der Waals surface area contributed by atoms with E-state index in [9.17, 15) is 4.79 Å². The number of esters is 1. The number of hydrogen-bond donors (Lipinski definition) is 0. The fourth-order valence-corrected chi connectivity index (χ4v) is 8.26. The highest BCUT2D eigenvalue weighted by Crippen LogP contribution is 2.67. The Morgan fingerprint density at radius 3 is 2.96 bits per heavy atom. The van der Waals surface area contributed by atoms with Gasteiger partial charge in [0.2, 0.25) is 0 Å². The second-order valence-corrected chi connectivity index (χ2v) is 10.3. The van der Waals surface area contributed by atoms with Crippen LogP contribution in [0.1, 0.15) is 38.2 Å². The van der Waals surface area contributed by atoms with Gasteiger partial charge in [-0.2, -0.15) is 0 Å². The summed E-state index contributed by atoms with van der Waals surface area (Å²) in [6.45, 7) is 4.30. The van der Waals surface area contributed by atoms with Gasteiger partial charge in [-0.05, 0) is 49.3 Å². The van der Waals surface area contributed by atoms with Gasteiger partial charge < -0.3 is 4.74 Å². The molecule has 1 aromatic rings. The molecule has 1 saturated carbocycles. The largest absolute Gasteiger partial charge is 0.467 e. The van der Waals surface area contributed by atoms with Crippen molar-refractivity contribution in [1.29, 1.82) is 0 Å². The van der Waals surface area contributed by atoms with E-state index in [4.69, 9.17) is 21.3 Å². The zero-order valence-electron chi connectivity index (χ0n) is 15.7. The van der Waals surface area contributed by atoms with Gasteiger partial charge in [0.1, 0.15) is 0 Å². The van der Waals surface area contributed by atoms with Crippen LogP contribution in [0.25, 0.3) is 0 Å². The van der Waals surface area contributed by atoms with Crippen LogP contribution >= 0.6 is 27.5 Å². The van der Waals surface area contributed by atoms with E-state index >= 15 is 0 Å². The van der Waals surface area contributed by atoms with E-state index in [1.807, 2.05) is 12.1 Å². The third-order valence-corrected chi connectivity index (χ3v) is 9.02. The number of methoxy groups -OCH3 is 1. The number of fused-ring (bicyclic) bond motifs is 1. The van der Waals surface area contributed by atoms with Crippen molar-refractivity contribution in [3.63, 3.8) is 0 Å². The Balaban J connectivity index is 1.84. The summed E-state index contributed by atoms with van der Waals surface area (Å²) >= 11 is 11.2. The smallest absolute Gasteiger partial charge is 0.332 e. The second-order valence-electron chi connectivity index (χ2n) is 8.50. The Bertz CT molecular complexity index is 860. The molecule has 3 aliphatic heterocycles. The number of alkyl halides is 2. The number of rotatable bonds is 2. The Kier molecular flexibility index (Phi) is 3.90. The van der Waals surface area contributed by atoms with Crippen LogP contribution in [-0.4, -0.2) is 52.5 Å². The molecule has 1 aliphatic carbocycles. The van der Waals surface area contributed by atoms with Gasteiger partial charge in [-0.3, -0.25) is 9.89 Å². The molecule has 0 unspecified atom stereocenters. The van der Waals surface area contributed by atoms with Gasteiger partial charge in [0.25, 0.3) is 0 Å². The van der Waals surface area contributed by atoms with Gasteiger partial charge in [0.05, 0.1) is 23.9 Å². The second kappa shape index (κ2) is 5.80. The summed E-state index contributed by atoms with van der Waals surface area (Å²) in [5.41, 5.74) is 2.56.